The van der Waals surface area contributed by atoms with Crippen molar-refractivity contribution in [3.63, 3.8) is 0 Å². The summed E-state index contributed by atoms with van der Waals surface area (Å²) in [7, 11) is 0. The van der Waals surface area contributed by atoms with Crippen molar-refractivity contribution < 1.29 is 0 Å². The van der Waals surface area contributed by atoms with Gasteiger partial charge in [-0.2, -0.15) is 0 Å². The largest absolute Gasteiger partial charge is 0.236 e. The average Bonchev–Trinajstić information content (AvgIpc) is 2.17. The summed E-state index contributed by atoms with van der Waals surface area (Å²) in [6, 6.07) is 9.96. The fraction of sp³-hybridized carbons (Fsp3) is 0.100. The summed E-state index contributed by atoms with van der Waals surface area (Å²) in [5.41, 5.74) is 0.949. The Kier molecular flexibility index (Phi) is 2.42. The number of aromatic nitrogens is 1. The molecule has 3 heteroatoms. The minimum atomic E-state index is 0.546. The van der Waals surface area contributed by atoms with Crippen molar-refractivity contribution in [3.8, 4) is 0 Å². The topological polar surface area (TPSA) is 12.9 Å². The lowest BCUT2D eigenvalue weighted by atomic mass is 10.2. The van der Waals surface area contributed by atoms with E-state index < -0.39 is 0 Å². The minimum Gasteiger partial charge on any atom is -0.236 e. The van der Waals surface area contributed by atoms with Crippen LogP contribution in [0.1, 0.15) is 0 Å². The Morgan fingerprint density at radius 2 is 2.08 bits per heavy atom. The van der Waals surface area contributed by atoms with Gasteiger partial charge in [-0.25, -0.2) is 4.98 Å². The van der Waals surface area contributed by atoms with E-state index in [0.29, 0.717) is 5.15 Å². The Bertz CT molecular complexity index is 442. The smallest absolute Gasteiger partial charge is 0.129 e. The third-order valence-electron chi connectivity index (χ3n) is 1.86. The van der Waals surface area contributed by atoms with Gasteiger partial charge in [0, 0.05) is 10.3 Å². The molecule has 0 fully saturated rings. The molecule has 1 aromatic heterocycles. The monoisotopic (exact) mass is 209 g/mol. The van der Waals surface area contributed by atoms with Crippen LogP contribution in [0.4, 0.5) is 0 Å². The molecule has 0 aliphatic heterocycles. The van der Waals surface area contributed by atoms with Gasteiger partial charge in [-0.15, -0.1) is 11.8 Å². The van der Waals surface area contributed by atoms with Crippen LogP contribution in [0.2, 0.25) is 5.15 Å². The summed E-state index contributed by atoms with van der Waals surface area (Å²) in [4.78, 5) is 5.45. The molecule has 2 aromatic rings. The van der Waals surface area contributed by atoms with Gasteiger partial charge in [0.2, 0.25) is 0 Å². The summed E-state index contributed by atoms with van der Waals surface area (Å²) < 4.78 is 0. The second-order valence-electron chi connectivity index (χ2n) is 2.69. The van der Waals surface area contributed by atoms with E-state index in [-0.39, 0.29) is 0 Å². The van der Waals surface area contributed by atoms with Crippen LogP contribution in [0.5, 0.6) is 0 Å². The molecule has 2 rings (SSSR count). The molecule has 0 aliphatic carbocycles. The van der Waals surface area contributed by atoms with Crippen molar-refractivity contribution >= 4 is 34.3 Å². The van der Waals surface area contributed by atoms with Gasteiger partial charge in [0.15, 0.2) is 0 Å². The average molecular weight is 210 g/mol. The maximum absolute atomic E-state index is 5.78. The van der Waals surface area contributed by atoms with Crippen LogP contribution >= 0.6 is 23.4 Å². The van der Waals surface area contributed by atoms with Gasteiger partial charge in [-0.3, -0.25) is 0 Å². The Hall–Kier alpha value is -0.730. The quantitative estimate of drug-likeness (QED) is 0.526. The van der Waals surface area contributed by atoms with Gasteiger partial charge < -0.3 is 0 Å². The van der Waals surface area contributed by atoms with Crippen molar-refractivity contribution in [2.24, 2.45) is 0 Å². The number of thioether (sulfide) groups is 1. The normalized spacial score (nSPS) is 10.6. The highest BCUT2D eigenvalue weighted by Crippen LogP contribution is 2.21. The zero-order chi connectivity index (χ0) is 9.26. The number of nitrogens with zero attached hydrogens (tertiary/aromatic N) is 1. The first-order valence-electron chi connectivity index (χ1n) is 3.90. The van der Waals surface area contributed by atoms with E-state index in [9.17, 15) is 0 Å². The number of benzene rings is 1. The lowest BCUT2D eigenvalue weighted by Crippen LogP contribution is -1.79. The van der Waals surface area contributed by atoms with Crippen LogP contribution in [-0.4, -0.2) is 11.2 Å². The zero-order valence-corrected chi connectivity index (χ0v) is 8.69. The molecule has 0 N–H and O–H groups in total. The third-order valence-corrected chi connectivity index (χ3v) is 2.80. The van der Waals surface area contributed by atoms with Gasteiger partial charge in [0.1, 0.15) is 5.15 Å². The molecule has 1 heterocycles. The van der Waals surface area contributed by atoms with E-state index in [1.807, 2.05) is 18.2 Å². The highest BCUT2D eigenvalue weighted by atomic mass is 35.5. The maximum Gasteiger partial charge on any atom is 0.129 e. The molecular formula is C10H8ClNS. The third kappa shape index (κ3) is 1.79. The van der Waals surface area contributed by atoms with Crippen molar-refractivity contribution in [2.45, 2.75) is 4.90 Å². The van der Waals surface area contributed by atoms with Gasteiger partial charge >= 0.3 is 0 Å². The molecule has 0 amide bonds. The Balaban J connectivity index is 2.66. The minimum absolute atomic E-state index is 0.546. The van der Waals surface area contributed by atoms with Crippen LogP contribution in [0.25, 0.3) is 10.9 Å². The van der Waals surface area contributed by atoms with E-state index in [0.717, 1.165) is 10.9 Å². The number of pyridine rings is 1. The van der Waals surface area contributed by atoms with Gasteiger partial charge in [-0.05, 0) is 36.6 Å². The molecule has 0 saturated carbocycles. The Labute approximate surface area is 86.1 Å². The fourth-order valence-electron chi connectivity index (χ4n) is 1.21. The molecule has 0 unspecified atom stereocenters. The van der Waals surface area contributed by atoms with Crippen molar-refractivity contribution in [1.29, 1.82) is 0 Å². The molecule has 0 aliphatic rings. The van der Waals surface area contributed by atoms with Crippen LogP contribution in [-0.2, 0) is 0 Å². The van der Waals surface area contributed by atoms with Crippen molar-refractivity contribution in [1.82, 2.24) is 4.98 Å². The summed E-state index contributed by atoms with van der Waals surface area (Å²) in [5.74, 6) is 0. The number of rotatable bonds is 1. The predicted molar refractivity (Wildman–Crippen MR) is 58.5 cm³/mol. The summed E-state index contributed by atoms with van der Waals surface area (Å²) in [6.07, 6.45) is 2.06. The molecule has 1 aromatic carbocycles. The molecule has 0 spiro atoms. The highest BCUT2D eigenvalue weighted by molar-refractivity contribution is 7.98. The van der Waals surface area contributed by atoms with E-state index in [1.165, 1.54) is 4.90 Å². The second kappa shape index (κ2) is 3.56. The van der Waals surface area contributed by atoms with Gasteiger partial charge in [0.25, 0.3) is 0 Å². The molecule has 0 saturated heterocycles. The maximum atomic E-state index is 5.78. The first-order chi connectivity index (χ1) is 6.29. The van der Waals surface area contributed by atoms with E-state index in [2.05, 4.69) is 23.4 Å². The molecule has 1 nitrogen and oxygen atoms in total. The second-order valence-corrected chi connectivity index (χ2v) is 3.96. The molecule has 13 heavy (non-hydrogen) atoms. The standard InChI is InChI=1S/C10H8ClNS/c1-13-8-3-4-9-7(6-8)2-5-10(11)12-9/h2-6H,1H3. The van der Waals surface area contributed by atoms with Gasteiger partial charge in [-0.1, -0.05) is 11.6 Å². The first kappa shape index (κ1) is 8.85. The van der Waals surface area contributed by atoms with Crippen LogP contribution in [0.15, 0.2) is 35.2 Å². The highest BCUT2D eigenvalue weighted by Gasteiger charge is 1.97. The number of halogens is 1. The lowest BCUT2D eigenvalue weighted by Gasteiger charge is -1.99. The predicted octanol–water partition coefficient (Wildman–Crippen LogP) is 3.61. The van der Waals surface area contributed by atoms with E-state index >= 15 is 0 Å². The first-order valence-corrected chi connectivity index (χ1v) is 5.50. The number of fused-ring (bicyclic) bond motifs is 1. The van der Waals surface area contributed by atoms with E-state index in [4.69, 9.17) is 11.6 Å². The van der Waals surface area contributed by atoms with Crippen LogP contribution < -0.4 is 0 Å². The SMILES string of the molecule is CSc1ccc2nc(Cl)ccc2c1. The van der Waals surface area contributed by atoms with Gasteiger partial charge in [0.05, 0.1) is 5.52 Å². The lowest BCUT2D eigenvalue weighted by molar-refractivity contribution is 1.39. The zero-order valence-electron chi connectivity index (χ0n) is 7.12. The van der Waals surface area contributed by atoms with E-state index in [1.54, 1.807) is 11.8 Å². The molecule has 0 bridgehead atoms. The van der Waals surface area contributed by atoms with Crippen molar-refractivity contribution in [2.75, 3.05) is 6.26 Å². The van der Waals surface area contributed by atoms with Crippen LogP contribution in [0, 0.1) is 0 Å². The Morgan fingerprint density at radius 3 is 2.85 bits per heavy atom. The number of hydrogen-bond acceptors (Lipinski definition) is 2. The van der Waals surface area contributed by atoms with Crippen molar-refractivity contribution in [3.05, 3.63) is 35.5 Å². The Morgan fingerprint density at radius 1 is 1.23 bits per heavy atom. The molecule has 66 valence electrons. The summed E-state index contributed by atoms with van der Waals surface area (Å²) in [6.45, 7) is 0. The number of hydrogen-bond donors (Lipinski definition) is 0. The summed E-state index contributed by atoms with van der Waals surface area (Å²) >= 11 is 7.50. The summed E-state index contributed by atoms with van der Waals surface area (Å²) in [5, 5.41) is 1.68. The molecular weight excluding hydrogens is 202 g/mol. The van der Waals surface area contributed by atoms with Crippen LogP contribution in [0.3, 0.4) is 0 Å². The molecule has 0 radical (unpaired) electrons. The fourth-order valence-corrected chi connectivity index (χ4v) is 1.81. The molecule has 0 atom stereocenters.